The van der Waals surface area contributed by atoms with E-state index in [9.17, 15) is 4.79 Å². The van der Waals surface area contributed by atoms with Gasteiger partial charge in [-0.1, -0.05) is 43.5 Å². The third-order valence-corrected chi connectivity index (χ3v) is 6.72. The van der Waals surface area contributed by atoms with E-state index in [2.05, 4.69) is 39.8 Å². The fraction of sp³-hybridized carbons (Fsp3) is 0.682. The van der Waals surface area contributed by atoms with Gasteiger partial charge >= 0.3 is 6.03 Å². The topological polar surface area (TPSA) is 53.6 Å². The van der Waals surface area contributed by atoms with Gasteiger partial charge in [-0.15, -0.1) is 0 Å². The summed E-state index contributed by atoms with van der Waals surface area (Å²) < 4.78 is 5.55. The lowest BCUT2D eigenvalue weighted by Crippen LogP contribution is -2.60. The summed E-state index contributed by atoms with van der Waals surface area (Å²) in [5.74, 6) is 0. The molecule has 1 aromatic rings. The zero-order valence-electron chi connectivity index (χ0n) is 16.3. The van der Waals surface area contributed by atoms with Crippen LogP contribution in [0.15, 0.2) is 24.3 Å². The van der Waals surface area contributed by atoms with E-state index >= 15 is 0 Å². The predicted molar refractivity (Wildman–Crippen MR) is 107 cm³/mol. The van der Waals surface area contributed by atoms with Crippen LogP contribution in [-0.2, 0) is 11.2 Å². The van der Waals surface area contributed by atoms with Gasteiger partial charge in [0.25, 0.3) is 0 Å². The Labute approximate surface area is 162 Å². The van der Waals surface area contributed by atoms with Crippen LogP contribution in [0.4, 0.5) is 4.79 Å². The molecule has 0 aromatic heterocycles. The predicted octanol–water partition coefficient (Wildman–Crippen LogP) is 3.40. The molecule has 4 rings (SSSR count). The zero-order valence-corrected chi connectivity index (χ0v) is 16.3. The van der Waals surface area contributed by atoms with E-state index in [-0.39, 0.29) is 17.6 Å². The maximum absolute atomic E-state index is 12.7. The van der Waals surface area contributed by atoms with Crippen molar-refractivity contribution in [2.75, 3.05) is 32.8 Å². The molecular formula is C22H33N3O2. The number of fused-ring (bicyclic) bond motifs is 1. The van der Waals surface area contributed by atoms with Gasteiger partial charge in [-0.2, -0.15) is 0 Å². The highest BCUT2D eigenvalue weighted by atomic mass is 16.5. The average Bonchev–Trinajstić information content (AvgIpc) is 2.74. The highest BCUT2D eigenvalue weighted by molar-refractivity contribution is 5.74. The summed E-state index contributed by atoms with van der Waals surface area (Å²) in [6, 6.07) is 8.64. The molecule has 1 aliphatic heterocycles. The third-order valence-electron chi connectivity index (χ3n) is 6.72. The number of morpholine rings is 1. The summed E-state index contributed by atoms with van der Waals surface area (Å²) >= 11 is 0. The molecule has 5 nitrogen and oxygen atoms in total. The summed E-state index contributed by atoms with van der Waals surface area (Å²) in [4.78, 5) is 15.3. The van der Waals surface area contributed by atoms with Crippen LogP contribution in [0.1, 0.15) is 62.1 Å². The Bertz CT molecular complexity index is 636. The Morgan fingerprint density at radius 3 is 2.70 bits per heavy atom. The lowest BCUT2D eigenvalue weighted by molar-refractivity contribution is -0.0357. The standard InChI is InChI=1S/C22H33N3O2/c26-21(24-20-10-6-8-18-7-2-3-9-19(18)20)23-17-22(11-4-1-5-12-22)25-13-15-27-16-14-25/h2-3,7,9,20H,1,4-6,8,10-17H2,(H2,23,24,26). The minimum Gasteiger partial charge on any atom is -0.379 e. The number of carbonyl (C=O) groups is 1. The van der Waals surface area contributed by atoms with E-state index < -0.39 is 0 Å². The second kappa shape index (κ2) is 8.61. The van der Waals surface area contributed by atoms with Crippen LogP contribution in [0.2, 0.25) is 0 Å². The number of carbonyl (C=O) groups excluding carboxylic acids is 1. The van der Waals surface area contributed by atoms with Crippen molar-refractivity contribution >= 4 is 6.03 Å². The molecule has 1 heterocycles. The molecule has 148 valence electrons. The fourth-order valence-electron chi connectivity index (χ4n) is 5.21. The number of urea groups is 1. The molecule has 2 aliphatic carbocycles. The first-order valence-electron chi connectivity index (χ1n) is 10.7. The number of hydrogen-bond acceptors (Lipinski definition) is 3. The number of aryl methyl sites for hydroxylation is 1. The van der Waals surface area contributed by atoms with Crippen molar-refractivity contribution in [2.24, 2.45) is 0 Å². The van der Waals surface area contributed by atoms with E-state index in [1.807, 2.05) is 0 Å². The van der Waals surface area contributed by atoms with Gasteiger partial charge in [-0.05, 0) is 43.2 Å². The van der Waals surface area contributed by atoms with E-state index in [0.29, 0.717) is 0 Å². The molecule has 2 amide bonds. The zero-order chi connectivity index (χ0) is 18.5. The van der Waals surface area contributed by atoms with Crippen molar-refractivity contribution in [1.29, 1.82) is 0 Å². The third kappa shape index (κ3) is 4.30. The van der Waals surface area contributed by atoms with Gasteiger partial charge in [0.05, 0.1) is 19.3 Å². The van der Waals surface area contributed by atoms with Crippen LogP contribution < -0.4 is 10.6 Å². The fourth-order valence-corrected chi connectivity index (χ4v) is 5.21. The number of rotatable bonds is 4. The molecule has 1 unspecified atom stereocenters. The van der Waals surface area contributed by atoms with Gasteiger partial charge in [0.15, 0.2) is 0 Å². The minimum absolute atomic E-state index is 0.0186. The molecule has 5 heteroatoms. The number of benzene rings is 1. The molecule has 2 N–H and O–H groups in total. The second-order valence-electron chi connectivity index (χ2n) is 8.36. The first-order chi connectivity index (χ1) is 13.3. The molecule has 1 atom stereocenters. The van der Waals surface area contributed by atoms with Gasteiger partial charge in [-0.3, -0.25) is 4.90 Å². The number of hydrogen-bond donors (Lipinski definition) is 2. The highest BCUT2D eigenvalue weighted by Crippen LogP contribution is 2.34. The highest BCUT2D eigenvalue weighted by Gasteiger charge is 2.39. The molecule has 0 bridgehead atoms. The number of ether oxygens (including phenoxy) is 1. The molecule has 0 spiro atoms. The summed E-state index contributed by atoms with van der Waals surface area (Å²) in [5.41, 5.74) is 2.79. The monoisotopic (exact) mass is 371 g/mol. The Balaban J connectivity index is 1.37. The number of nitrogens with zero attached hydrogens (tertiary/aromatic N) is 1. The summed E-state index contributed by atoms with van der Waals surface area (Å²) in [7, 11) is 0. The molecular weight excluding hydrogens is 338 g/mol. The quantitative estimate of drug-likeness (QED) is 0.853. The minimum atomic E-state index is -0.0186. The lowest BCUT2D eigenvalue weighted by Gasteiger charge is -2.48. The first kappa shape index (κ1) is 18.8. The van der Waals surface area contributed by atoms with Gasteiger partial charge in [0, 0.05) is 25.2 Å². The Morgan fingerprint density at radius 2 is 1.89 bits per heavy atom. The Morgan fingerprint density at radius 1 is 1.11 bits per heavy atom. The van der Waals surface area contributed by atoms with Crippen LogP contribution in [0.5, 0.6) is 0 Å². The largest absolute Gasteiger partial charge is 0.379 e. The summed E-state index contributed by atoms with van der Waals surface area (Å²) in [6.45, 7) is 4.34. The van der Waals surface area contributed by atoms with Gasteiger partial charge in [-0.25, -0.2) is 4.79 Å². The maximum atomic E-state index is 12.7. The Hall–Kier alpha value is -1.59. The van der Waals surface area contributed by atoms with Gasteiger partial charge in [0.2, 0.25) is 0 Å². The van der Waals surface area contributed by atoms with Crippen LogP contribution in [0, 0.1) is 0 Å². The summed E-state index contributed by atoms with van der Waals surface area (Å²) in [6.07, 6.45) is 9.48. The van der Waals surface area contributed by atoms with E-state index in [4.69, 9.17) is 4.74 Å². The van der Waals surface area contributed by atoms with Crippen molar-refractivity contribution in [3.8, 4) is 0 Å². The molecule has 1 saturated carbocycles. The van der Waals surface area contributed by atoms with E-state index in [0.717, 1.165) is 52.1 Å². The van der Waals surface area contributed by atoms with Gasteiger partial charge < -0.3 is 15.4 Å². The molecule has 1 saturated heterocycles. The normalized spacial score (nSPS) is 25.4. The number of nitrogens with one attached hydrogen (secondary N) is 2. The first-order valence-corrected chi connectivity index (χ1v) is 10.7. The lowest BCUT2D eigenvalue weighted by atomic mass is 9.80. The molecule has 3 aliphatic rings. The molecule has 0 radical (unpaired) electrons. The van der Waals surface area contributed by atoms with Gasteiger partial charge in [0.1, 0.15) is 0 Å². The molecule has 27 heavy (non-hydrogen) atoms. The average molecular weight is 372 g/mol. The van der Waals surface area contributed by atoms with Crippen LogP contribution in [0.25, 0.3) is 0 Å². The second-order valence-corrected chi connectivity index (χ2v) is 8.36. The van der Waals surface area contributed by atoms with Crippen molar-refractivity contribution in [1.82, 2.24) is 15.5 Å². The van der Waals surface area contributed by atoms with Crippen molar-refractivity contribution in [3.63, 3.8) is 0 Å². The molecule has 2 fully saturated rings. The van der Waals surface area contributed by atoms with Crippen molar-refractivity contribution in [2.45, 2.75) is 62.9 Å². The molecule has 1 aromatic carbocycles. The van der Waals surface area contributed by atoms with Crippen LogP contribution in [0.3, 0.4) is 0 Å². The van der Waals surface area contributed by atoms with E-state index in [1.165, 1.54) is 43.2 Å². The number of amides is 2. The summed E-state index contributed by atoms with van der Waals surface area (Å²) in [5, 5.41) is 6.48. The maximum Gasteiger partial charge on any atom is 0.315 e. The van der Waals surface area contributed by atoms with Crippen LogP contribution in [-0.4, -0.2) is 49.3 Å². The Kier molecular flexibility index (Phi) is 5.98. The van der Waals surface area contributed by atoms with Crippen LogP contribution >= 0.6 is 0 Å². The van der Waals surface area contributed by atoms with Crippen molar-refractivity contribution < 1.29 is 9.53 Å². The SMILES string of the molecule is O=C(NCC1(N2CCOCC2)CCCCC1)NC1CCCc2ccccc21. The van der Waals surface area contributed by atoms with E-state index in [1.54, 1.807) is 0 Å². The smallest absolute Gasteiger partial charge is 0.315 e. The van der Waals surface area contributed by atoms with Crippen molar-refractivity contribution in [3.05, 3.63) is 35.4 Å².